The van der Waals surface area contributed by atoms with E-state index in [0.29, 0.717) is 0 Å². The van der Waals surface area contributed by atoms with Crippen molar-refractivity contribution in [3.05, 3.63) is 23.2 Å². The van der Waals surface area contributed by atoms with E-state index in [0.717, 1.165) is 46.1 Å². The molecule has 6 heteroatoms. The number of rotatable bonds is 7. The van der Waals surface area contributed by atoms with E-state index in [4.69, 9.17) is 9.47 Å². The first kappa shape index (κ1) is 14.3. The topological polar surface area (TPSA) is 56.3 Å². The molecular weight excluding hydrogens is 286 g/mol. The van der Waals surface area contributed by atoms with Gasteiger partial charge < -0.3 is 14.8 Å². The van der Waals surface area contributed by atoms with Crippen molar-refractivity contribution in [2.24, 2.45) is 0 Å². The Morgan fingerprint density at radius 3 is 2.52 bits per heavy atom. The Morgan fingerprint density at radius 1 is 1.19 bits per heavy atom. The van der Waals surface area contributed by atoms with Crippen molar-refractivity contribution in [1.29, 1.82) is 0 Å². The van der Waals surface area contributed by atoms with Crippen LogP contribution in [0.1, 0.15) is 17.8 Å². The van der Waals surface area contributed by atoms with Crippen LogP contribution in [0.5, 0.6) is 11.5 Å². The number of nitrogens with zero attached hydrogens (tertiary/aromatic N) is 2. The summed E-state index contributed by atoms with van der Waals surface area (Å²) in [7, 11) is 3.31. The van der Waals surface area contributed by atoms with E-state index in [1.54, 1.807) is 25.6 Å². The summed E-state index contributed by atoms with van der Waals surface area (Å²) in [6.45, 7) is 0.961. The van der Waals surface area contributed by atoms with E-state index in [9.17, 15) is 0 Å². The molecule has 0 radical (unpaired) electrons. The highest BCUT2D eigenvalue weighted by Crippen LogP contribution is 2.39. The molecule has 1 fully saturated rings. The van der Waals surface area contributed by atoms with Gasteiger partial charge in [0.2, 0.25) is 0 Å². The number of ether oxygens (including phenoxy) is 2. The lowest BCUT2D eigenvalue weighted by Gasteiger charge is -2.09. The highest BCUT2D eigenvalue weighted by atomic mass is 32.1. The molecule has 0 unspecified atom stereocenters. The lowest BCUT2D eigenvalue weighted by molar-refractivity contribution is 0.397. The molecule has 3 rings (SSSR count). The Hall–Kier alpha value is -1.66. The van der Waals surface area contributed by atoms with Gasteiger partial charge in [0.1, 0.15) is 16.5 Å². The summed E-state index contributed by atoms with van der Waals surface area (Å²) < 4.78 is 10.8. The molecule has 0 spiro atoms. The minimum absolute atomic E-state index is 0.728. The first-order valence-corrected chi connectivity index (χ1v) is 7.90. The number of hydrogen-bond donors (Lipinski definition) is 1. The number of nitrogens with one attached hydrogen (secondary N) is 1. The van der Waals surface area contributed by atoms with Crippen LogP contribution >= 0.6 is 11.3 Å². The van der Waals surface area contributed by atoms with Crippen LogP contribution in [0.4, 0.5) is 0 Å². The van der Waals surface area contributed by atoms with Crippen LogP contribution < -0.4 is 14.8 Å². The molecule has 5 nitrogen and oxygen atoms in total. The number of hydrogen-bond acceptors (Lipinski definition) is 6. The maximum Gasteiger partial charge on any atom is 0.155 e. The van der Waals surface area contributed by atoms with Crippen LogP contribution in [0, 0.1) is 0 Å². The van der Waals surface area contributed by atoms with Gasteiger partial charge in [-0.05, 0) is 25.0 Å². The Labute approximate surface area is 128 Å². The average molecular weight is 305 g/mol. The summed E-state index contributed by atoms with van der Waals surface area (Å²) in [5, 5.41) is 13.9. The largest absolute Gasteiger partial charge is 0.496 e. The van der Waals surface area contributed by atoms with E-state index < -0.39 is 0 Å². The average Bonchev–Trinajstić information content (AvgIpc) is 3.23. The molecule has 21 heavy (non-hydrogen) atoms. The highest BCUT2D eigenvalue weighted by molar-refractivity contribution is 7.14. The summed E-state index contributed by atoms with van der Waals surface area (Å²) in [4.78, 5) is 0. The molecule has 0 amide bonds. The van der Waals surface area contributed by atoms with Crippen LogP contribution in [-0.4, -0.2) is 37.0 Å². The van der Waals surface area contributed by atoms with Crippen molar-refractivity contribution in [3.63, 3.8) is 0 Å². The number of benzene rings is 1. The SMILES string of the molecule is COc1cccc(OC)c1-c1nnc(CCNC2CC2)s1. The molecule has 0 atom stereocenters. The van der Waals surface area contributed by atoms with Gasteiger partial charge in [-0.15, -0.1) is 10.2 Å². The highest BCUT2D eigenvalue weighted by Gasteiger charge is 2.20. The van der Waals surface area contributed by atoms with Gasteiger partial charge in [0.15, 0.2) is 5.01 Å². The lowest BCUT2D eigenvalue weighted by atomic mass is 10.2. The molecule has 1 aromatic carbocycles. The second-order valence-corrected chi connectivity index (χ2v) is 6.08. The summed E-state index contributed by atoms with van der Waals surface area (Å²) in [5.41, 5.74) is 0.876. The smallest absolute Gasteiger partial charge is 0.155 e. The first-order valence-electron chi connectivity index (χ1n) is 7.09. The van der Waals surface area contributed by atoms with Gasteiger partial charge in [-0.3, -0.25) is 0 Å². The number of aromatic nitrogens is 2. The molecule has 0 aliphatic heterocycles. The quantitative estimate of drug-likeness (QED) is 0.852. The fourth-order valence-electron chi connectivity index (χ4n) is 2.19. The summed E-state index contributed by atoms with van der Waals surface area (Å²) in [5.74, 6) is 1.52. The molecule has 1 heterocycles. The third kappa shape index (κ3) is 3.33. The van der Waals surface area contributed by atoms with Gasteiger partial charge in [0.05, 0.1) is 19.8 Å². The summed E-state index contributed by atoms with van der Waals surface area (Å²) in [6, 6.07) is 6.45. The van der Waals surface area contributed by atoms with E-state index in [1.807, 2.05) is 18.2 Å². The van der Waals surface area contributed by atoms with Gasteiger partial charge in [0.25, 0.3) is 0 Å². The maximum atomic E-state index is 5.42. The molecule has 0 bridgehead atoms. The van der Waals surface area contributed by atoms with Crippen LogP contribution in [-0.2, 0) is 6.42 Å². The molecule has 1 aromatic heterocycles. The maximum absolute atomic E-state index is 5.42. The van der Waals surface area contributed by atoms with Crippen LogP contribution in [0.15, 0.2) is 18.2 Å². The molecule has 1 aliphatic carbocycles. The van der Waals surface area contributed by atoms with E-state index >= 15 is 0 Å². The molecular formula is C15H19N3O2S. The minimum Gasteiger partial charge on any atom is -0.496 e. The Balaban J connectivity index is 1.78. The Bertz CT molecular complexity index is 588. The van der Waals surface area contributed by atoms with Crippen LogP contribution in [0.25, 0.3) is 10.6 Å². The van der Waals surface area contributed by atoms with Gasteiger partial charge >= 0.3 is 0 Å². The monoisotopic (exact) mass is 305 g/mol. The third-order valence-electron chi connectivity index (χ3n) is 3.46. The summed E-state index contributed by atoms with van der Waals surface area (Å²) >= 11 is 1.59. The fraction of sp³-hybridized carbons (Fsp3) is 0.467. The standard InChI is InChI=1S/C15H19N3O2S/c1-19-11-4-3-5-12(20-2)14(11)15-18-17-13(21-15)8-9-16-10-6-7-10/h3-5,10,16H,6-9H2,1-2H3. The molecule has 1 N–H and O–H groups in total. The van der Waals surface area contributed by atoms with Crippen molar-refractivity contribution in [3.8, 4) is 22.1 Å². The van der Waals surface area contributed by atoms with Crippen LogP contribution in [0.2, 0.25) is 0 Å². The normalized spacial score (nSPS) is 14.2. The predicted octanol–water partition coefficient (Wildman–Crippen LogP) is 2.52. The molecule has 1 aliphatic rings. The number of methoxy groups -OCH3 is 2. The van der Waals surface area contributed by atoms with E-state index in [-0.39, 0.29) is 0 Å². The van der Waals surface area contributed by atoms with Crippen molar-refractivity contribution >= 4 is 11.3 Å². The van der Waals surface area contributed by atoms with Gasteiger partial charge in [0, 0.05) is 19.0 Å². The molecule has 0 saturated heterocycles. The van der Waals surface area contributed by atoms with Gasteiger partial charge in [-0.1, -0.05) is 17.4 Å². The van der Waals surface area contributed by atoms with Crippen molar-refractivity contribution < 1.29 is 9.47 Å². The van der Waals surface area contributed by atoms with Gasteiger partial charge in [-0.25, -0.2) is 0 Å². The summed E-state index contributed by atoms with van der Waals surface area (Å²) in [6.07, 6.45) is 3.52. The minimum atomic E-state index is 0.728. The second kappa shape index (κ2) is 6.41. The fourth-order valence-corrected chi connectivity index (χ4v) is 3.08. The zero-order chi connectivity index (χ0) is 14.7. The van der Waals surface area contributed by atoms with Crippen LogP contribution in [0.3, 0.4) is 0 Å². The van der Waals surface area contributed by atoms with E-state index in [1.165, 1.54) is 12.8 Å². The first-order chi connectivity index (χ1) is 10.3. The molecule has 1 saturated carbocycles. The third-order valence-corrected chi connectivity index (χ3v) is 4.46. The zero-order valence-electron chi connectivity index (χ0n) is 12.3. The van der Waals surface area contributed by atoms with E-state index in [2.05, 4.69) is 15.5 Å². The molecule has 112 valence electrons. The van der Waals surface area contributed by atoms with Crippen molar-refractivity contribution in [2.75, 3.05) is 20.8 Å². The zero-order valence-corrected chi connectivity index (χ0v) is 13.1. The lowest BCUT2D eigenvalue weighted by Crippen LogP contribution is -2.19. The predicted molar refractivity (Wildman–Crippen MR) is 83.2 cm³/mol. The second-order valence-electron chi connectivity index (χ2n) is 5.02. The van der Waals surface area contributed by atoms with Crippen molar-refractivity contribution in [2.45, 2.75) is 25.3 Å². The molecule has 2 aromatic rings. The van der Waals surface area contributed by atoms with Gasteiger partial charge in [-0.2, -0.15) is 0 Å². The Morgan fingerprint density at radius 2 is 1.90 bits per heavy atom. The van der Waals surface area contributed by atoms with Crippen molar-refractivity contribution in [1.82, 2.24) is 15.5 Å². The Kier molecular flexibility index (Phi) is 4.36.